The maximum Gasteiger partial charge on any atom is 0.208 e. The van der Waals surface area contributed by atoms with Gasteiger partial charge in [0, 0.05) is 26.5 Å². The van der Waals surface area contributed by atoms with E-state index >= 15 is 0 Å². The van der Waals surface area contributed by atoms with Crippen LogP contribution in [0, 0.1) is 0 Å². The lowest BCUT2D eigenvalue weighted by Gasteiger charge is -2.21. The predicted octanol–water partition coefficient (Wildman–Crippen LogP) is 0.135. The van der Waals surface area contributed by atoms with Gasteiger partial charge < -0.3 is 9.64 Å². The van der Waals surface area contributed by atoms with Gasteiger partial charge in [0.2, 0.25) is 5.96 Å². The number of nitrogens with one attached hydrogen (secondary N) is 1. The molecule has 6 heteroatoms. The van der Waals surface area contributed by atoms with Crippen LogP contribution >= 0.6 is 11.8 Å². The van der Waals surface area contributed by atoms with Crippen molar-refractivity contribution in [1.29, 1.82) is 0 Å². The largest absolute Gasteiger partial charge is 0.382 e. The topological polar surface area (TPSA) is 62.9 Å². The summed E-state index contributed by atoms with van der Waals surface area (Å²) in [4.78, 5) is 6.41. The molecule has 0 aliphatic carbocycles. The van der Waals surface area contributed by atoms with Crippen LogP contribution in [0.3, 0.4) is 0 Å². The highest BCUT2D eigenvalue weighted by atomic mass is 32.2. The van der Waals surface area contributed by atoms with E-state index in [0.29, 0.717) is 12.6 Å². The van der Waals surface area contributed by atoms with Gasteiger partial charge in [-0.3, -0.25) is 5.43 Å². The third-order valence-electron chi connectivity index (χ3n) is 1.87. The molecule has 5 nitrogen and oxygen atoms in total. The summed E-state index contributed by atoms with van der Waals surface area (Å²) in [5.41, 5.74) is 2.61. The SMILES string of the molecule is COCC(C)N=C(NN)N(C)CCSC. The Labute approximate surface area is 96.4 Å². The van der Waals surface area contributed by atoms with Crippen molar-refractivity contribution in [3.8, 4) is 0 Å². The molecule has 1 unspecified atom stereocenters. The van der Waals surface area contributed by atoms with Crippen molar-refractivity contribution in [3.63, 3.8) is 0 Å². The molecule has 0 aromatic carbocycles. The van der Waals surface area contributed by atoms with Crippen LogP contribution in [0.15, 0.2) is 4.99 Å². The molecule has 0 saturated heterocycles. The average molecular weight is 234 g/mol. The van der Waals surface area contributed by atoms with E-state index in [1.54, 1.807) is 18.9 Å². The van der Waals surface area contributed by atoms with E-state index in [1.165, 1.54) is 0 Å². The second kappa shape index (κ2) is 8.82. The molecule has 0 rings (SSSR count). The van der Waals surface area contributed by atoms with E-state index in [-0.39, 0.29) is 6.04 Å². The number of guanidine groups is 1. The van der Waals surface area contributed by atoms with Crippen molar-refractivity contribution in [1.82, 2.24) is 10.3 Å². The zero-order chi connectivity index (χ0) is 11.7. The summed E-state index contributed by atoms with van der Waals surface area (Å²) >= 11 is 1.80. The molecule has 1 atom stereocenters. The Balaban J connectivity index is 4.18. The lowest BCUT2D eigenvalue weighted by atomic mass is 10.4. The highest BCUT2D eigenvalue weighted by molar-refractivity contribution is 7.98. The number of methoxy groups -OCH3 is 1. The first kappa shape index (κ1) is 14.5. The fourth-order valence-corrected chi connectivity index (χ4v) is 1.52. The molecule has 15 heavy (non-hydrogen) atoms. The minimum atomic E-state index is 0.109. The molecular weight excluding hydrogens is 212 g/mol. The normalized spacial score (nSPS) is 13.8. The van der Waals surface area contributed by atoms with Gasteiger partial charge in [-0.15, -0.1) is 0 Å². The van der Waals surface area contributed by atoms with E-state index < -0.39 is 0 Å². The number of hydrazine groups is 1. The maximum absolute atomic E-state index is 5.42. The number of rotatable bonds is 6. The summed E-state index contributed by atoms with van der Waals surface area (Å²) in [5, 5.41) is 0. The van der Waals surface area contributed by atoms with Crippen molar-refractivity contribution in [2.45, 2.75) is 13.0 Å². The Morgan fingerprint density at radius 3 is 2.80 bits per heavy atom. The summed E-state index contributed by atoms with van der Waals surface area (Å²) in [7, 11) is 3.63. The number of nitrogens with two attached hydrogens (primary N) is 1. The Kier molecular flexibility index (Phi) is 8.55. The Bertz CT molecular complexity index is 189. The predicted molar refractivity (Wildman–Crippen MR) is 67.1 cm³/mol. The van der Waals surface area contributed by atoms with Gasteiger partial charge in [-0.05, 0) is 13.2 Å². The zero-order valence-electron chi connectivity index (χ0n) is 9.99. The molecule has 0 heterocycles. The molecule has 0 bridgehead atoms. The van der Waals surface area contributed by atoms with Crippen LogP contribution in [0.1, 0.15) is 6.92 Å². The van der Waals surface area contributed by atoms with E-state index in [9.17, 15) is 0 Å². The van der Waals surface area contributed by atoms with Gasteiger partial charge in [-0.2, -0.15) is 11.8 Å². The Morgan fingerprint density at radius 1 is 1.67 bits per heavy atom. The zero-order valence-corrected chi connectivity index (χ0v) is 10.8. The number of nitrogens with zero attached hydrogens (tertiary/aromatic N) is 2. The highest BCUT2D eigenvalue weighted by Crippen LogP contribution is 1.96. The number of hydrogen-bond donors (Lipinski definition) is 2. The van der Waals surface area contributed by atoms with Gasteiger partial charge in [0.25, 0.3) is 0 Å². The smallest absolute Gasteiger partial charge is 0.208 e. The number of hydrogen-bond acceptors (Lipinski definition) is 4. The quantitative estimate of drug-likeness (QED) is 0.296. The number of thioether (sulfide) groups is 1. The molecule has 0 aromatic rings. The lowest BCUT2D eigenvalue weighted by Crippen LogP contribution is -2.44. The van der Waals surface area contributed by atoms with Crippen LogP contribution in [0.25, 0.3) is 0 Å². The summed E-state index contributed by atoms with van der Waals surface area (Å²) in [5.74, 6) is 7.17. The third-order valence-corrected chi connectivity index (χ3v) is 2.46. The van der Waals surface area contributed by atoms with Crippen LogP contribution in [-0.4, -0.2) is 56.2 Å². The Hall–Kier alpha value is -0.460. The van der Waals surface area contributed by atoms with Gasteiger partial charge in [0.1, 0.15) is 0 Å². The van der Waals surface area contributed by atoms with Gasteiger partial charge in [-0.25, -0.2) is 10.8 Å². The number of aliphatic imine (C=N–C) groups is 1. The van der Waals surface area contributed by atoms with Crippen molar-refractivity contribution in [3.05, 3.63) is 0 Å². The van der Waals surface area contributed by atoms with Gasteiger partial charge in [-0.1, -0.05) is 0 Å². The molecule has 3 N–H and O–H groups in total. The molecule has 0 aliphatic heterocycles. The van der Waals surface area contributed by atoms with Crippen molar-refractivity contribution in [2.24, 2.45) is 10.8 Å². The first-order valence-corrected chi connectivity index (χ1v) is 6.28. The highest BCUT2D eigenvalue weighted by Gasteiger charge is 2.06. The minimum absolute atomic E-state index is 0.109. The second-order valence-electron chi connectivity index (χ2n) is 3.32. The van der Waals surface area contributed by atoms with Crippen LogP contribution < -0.4 is 11.3 Å². The van der Waals surface area contributed by atoms with Crippen molar-refractivity contribution in [2.75, 3.05) is 39.3 Å². The molecule has 0 aromatic heterocycles. The molecule has 0 aliphatic rings. The van der Waals surface area contributed by atoms with Crippen LogP contribution in [0.2, 0.25) is 0 Å². The summed E-state index contributed by atoms with van der Waals surface area (Å²) in [6.07, 6.45) is 2.08. The first-order valence-electron chi connectivity index (χ1n) is 4.89. The molecule has 0 radical (unpaired) electrons. The van der Waals surface area contributed by atoms with E-state index in [0.717, 1.165) is 12.3 Å². The van der Waals surface area contributed by atoms with Crippen LogP contribution in [0.5, 0.6) is 0 Å². The monoisotopic (exact) mass is 234 g/mol. The molecule has 0 amide bonds. The van der Waals surface area contributed by atoms with Crippen LogP contribution in [-0.2, 0) is 4.74 Å². The maximum atomic E-state index is 5.42. The summed E-state index contributed by atoms with van der Waals surface area (Å²) in [6, 6.07) is 0.109. The van der Waals surface area contributed by atoms with Gasteiger partial charge >= 0.3 is 0 Å². The fourth-order valence-electron chi connectivity index (χ4n) is 1.07. The lowest BCUT2D eigenvalue weighted by molar-refractivity contribution is 0.185. The summed E-state index contributed by atoms with van der Waals surface area (Å²) in [6.45, 7) is 3.51. The fraction of sp³-hybridized carbons (Fsp3) is 0.889. The third kappa shape index (κ3) is 6.59. The van der Waals surface area contributed by atoms with E-state index in [2.05, 4.69) is 16.7 Å². The standard InChI is InChI=1S/C9H22N4OS/c1-8(7-14-3)11-9(12-10)13(2)5-6-15-4/h8H,5-7,10H2,1-4H3,(H,11,12). The average Bonchev–Trinajstić information content (AvgIpc) is 2.22. The second-order valence-corrected chi connectivity index (χ2v) is 4.30. The first-order chi connectivity index (χ1) is 7.15. The van der Waals surface area contributed by atoms with Crippen LogP contribution in [0.4, 0.5) is 0 Å². The molecule has 0 fully saturated rings. The van der Waals surface area contributed by atoms with Gasteiger partial charge in [0.15, 0.2) is 0 Å². The van der Waals surface area contributed by atoms with E-state index in [1.807, 2.05) is 18.9 Å². The molecular formula is C9H22N4OS. The molecule has 0 saturated carbocycles. The van der Waals surface area contributed by atoms with Gasteiger partial charge in [0.05, 0.1) is 12.6 Å². The van der Waals surface area contributed by atoms with E-state index in [4.69, 9.17) is 10.6 Å². The van der Waals surface area contributed by atoms with Crippen molar-refractivity contribution >= 4 is 17.7 Å². The summed E-state index contributed by atoms with van der Waals surface area (Å²) < 4.78 is 5.01. The van der Waals surface area contributed by atoms with Crippen molar-refractivity contribution < 1.29 is 4.74 Å². The molecule has 0 spiro atoms. The molecule has 90 valence electrons. The Morgan fingerprint density at radius 2 is 2.33 bits per heavy atom. The minimum Gasteiger partial charge on any atom is -0.382 e. The number of ether oxygens (including phenoxy) is 1.